The molecule has 0 atom stereocenters. The van der Waals surface area contributed by atoms with Crippen molar-refractivity contribution < 1.29 is 9.59 Å². The summed E-state index contributed by atoms with van der Waals surface area (Å²) in [5.41, 5.74) is 3.30. The van der Waals surface area contributed by atoms with Crippen LogP contribution in [0.2, 0.25) is 0 Å². The Hall–Kier alpha value is -5.14. The summed E-state index contributed by atoms with van der Waals surface area (Å²) in [6.45, 7) is 0. The number of ketones is 2. The van der Waals surface area contributed by atoms with Gasteiger partial charge in [0.2, 0.25) is 0 Å². The zero-order valence-corrected chi connectivity index (χ0v) is 22.1. The van der Waals surface area contributed by atoms with Crippen LogP contribution in [0.1, 0.15) is 26.5 Å². The number of fused-ring (bicyclic) bond motifs is 4. The van der Waals surface area contributed by atoms with Crippen LogP contribution in [0.5, 0.6) is 0 Å². The van der Waals surface area contributed by atoms with Gasteiger partial charge >= 0.3 is 0 Å². The molecule has 1 aliphatic carbocycles. The van der Waals surface area contributed by atoms with Crippen LogP contribution in [0.4, 0.5) is 0 Å². The lowest BCUT2D eigenvalue weighted by atomic mass is 10.0. The first-order chi connectivity index (χ1) is 19.6. The molecule has 1 aliphatic rings. The van der Waals surface area contributed by atoms with Crippen molar-refractivity contribution in [3.05, 3.63) is 120 Å². The lowest BCUT2D eigenvalue weighted by molar-refractivity contribution is 0.0990. The van der Waals surface area contributed by atoms with E-state index in [1.165, 1.54) is 0 Å². The number of Topliss-reactive ketones (excluding diaryl/α,β-unsaturated/α-hetero) is 2. The molecule has 40 heavy (non-hydrogen) atoms. The number of thiophene rings is 1. The number of aryl methyl sites for hydroxylation is 1. The average Bonchev–Trinajstić information content (AvgIpc) is 3.71. The minimum absolute atomic E-state index is 0.117. The quantitative estimate of drug-likeness (QED) is 0.176. The van der Waals surface area contributed by atoms with Gasteiger partial charge in [0.25, 0.3) is 0 Å². The van der Waals surface area contributed by atoms with Crippen molar-refractivity contribution in [3.63, 3.8) is 0 Å². The molecule has 0 fully saturated rings. The minimum Gasteiger partial charge on any atom is -0.310 e. The number of benzene rings is 4. The third kappa shape index (κ3) is 3.28. The van der Waals surface area contributed by atoms with Gasteiger partial charge in [-0.05, 0) is 46.5 Å². The first-order valence-electron chi connectivity index (χ1n) is 12.9. The molecular formula is C33H20N4O2S. The standard InChI is InChI=1S/C33H20N4O2S/c1-36-31(19-9-3-2-4-10-19)35-33-32(36)34-27(37(33)28-17-22-13-7-8-14-26(22)40-28)18-25-29(38)23-15-20-11-5-6-12-21(20)16-24(23)30(25)39/h2-18H,1H3. The number of aromatic nitrogens is 4. The fourth-order valence-electron chi connectivity index (χ4n) is 5.52. The molecule has 8 rings (SSSR count). The van der Waals surface area contributed by atoms with Crippen molar-refractivity contribution in [2.75, 3.05) is 0 Å². The number of rotatable bonds is 3. The Labute approximate surface area is 232 Å². The molecule has 0 unspecified atom stereocenters. The summed E-state index contributed by atoms with van der Waals surface area (Å²) in [6.07, 6.45) is 1.63. The molecule has 190 valence electrons. The van der Waals surface area contributed by atoms with Gasteiger partial charge in [0.05, 0.1) is 5.57 Å². The van der Waals surface area contributed by atoms with Crippen LogP contribution in [0.3, 0.4) is 0 Å². The van der Waals surface area contributed by atoms with Gasteiger partial charge in [0.15, 0.2) is 22.9 Å². The van der Waals surface area contributed by atoms with E-state index in [4.69, 9.17) is 9.97 Å². The van der Waals surface area contributed by atoms with Gasteiger partial charge < -0.3 is 4.57 Å². The number of hydrogen-bond acceptors (Lipinski definition) is 5. The Morgan fingerprint density at radius 1 is 0.700 bits per heavy atom. The maximum absolute atomic E-state index is 13.6. The lowest BCUT2D eigenvalue weighted by Gasteiger charge is -2.04. The van der Waals surface area contributed by atoms with E-state index in [0.717, 1.165) is 37.2 Å². The van der Waals surface area contributed by atoms with E-state index < -0.39 is 0 Å². The molecule has 0 spiro atoms. The highest BCUT2D eigenvalue weighted by atomic mass is 32.1. The van der Waals surface area contributed by atoms with Gasteiger partial charge in [-0.2, -0.15) is 0 Å². The molecule has 0 bridgehead atoms. The highest BCUT2D eigenvalue weighted by Gasteiger charge is 2.34. The topological polar surface area (TPSA) is 69.8 Å². The summed E-state index contributed by atoms with van der Waals surface area (Å²) in [6, 6.07) is 31.6. The predicted molar refractivity (Wildman–Crippen MR) is 159 cm³/mol. The van der Waals surface area contributed by atoms with E-state index in [2.05, 4.69) is 18.2 Å². The van der Waals surface area contributed by atoms with Gasteiger partial charge in [0, 0.05) is 28.4 Å². The van der Waals surface area contributed by atoms with E-state index in [-0.39, 0.29) is 17.1 Å². The molecule has 0 saturated heterocycles. The summed E-state index contributed by atoms with van der Waals surface area (Å²) >= 11 is 1.62. The van der Waals surface area contributed by atoms with E-state index in [1.807, 2.05) is 95.0 Å². The maximum atomic E-state index is 13.6. The average molecular weight is 537 g/mol. The molecule has 3 heterocycles. The summed E-state index contributed by atoms with van der Waals surface area (Å²) in [7, 11) is 1.93. The second-order valence-electron chi connectivity index (χ2n) is 9.90. The van der Waals surface area contributed by atoms with Crippen LogP contribution >= 0.6 is 11.3 Å². The van der Waals surface area contributed by atoms with Crippen LogP contribution in [-0.4, -0.2) is 30.7 Å². The van der Waals surface area contributed by atoms with Gasteiger partial charge in [-0.25, -0.2) is 9.97 Å². The first kappa shape index (κ1) is 22.8. The van der Waals surface area contributed by atoms with E-state index in [9.17, 15) is 9.59 Å². The fraction of sp³-hybridized carbons (Fsp3) is 0.0303. The van der Waals surface area contributed by atoms with Crippen molar-refractivity contribution in [1.29, 1.82) is 0 Å². The van der Waals surface area contributed by atoms with Gasteiger partial charge in [-0.15, -0.1) is 11.3 Å². The molecule has 0 radical (unpaired) electrons. The highest BCUT2D eigenvalue weighted by Crippen LogP contribution is 2.36. The predicted octanol–water partition coefficient (Wildman–Crippen LogP) is 7.26. The monoisotopic (exact) mass is 536 g/mol. The first-order valence-corrected chi connectivity index (χ1v) is 13.7. The normalized spacial score (nSPS) is 13.2. The molecule has 0 aliphatic heterocycles. The number of imidazole rings is 2. The molecular weight excluding hydrogens is 516 g/mol. The molecule has 0 amide bonds. The molecule has 3 aromatic heterocycles. The molecule has 0 saturated carbocycles. The summed E-state index contributed by atoms with van der Waals surface area (Å²) in [5.74, 6) is 0.727. The molecule has 0 N–H and O–H groups in total. The molecule has 7 aromatic rings. The third-order valence-corrected chi connectivity index (χ3v) is 8.61. The second-order valence-corrected chi connectivity index (χ2v) is 11.0. The zero-order chi connectivity index (χ0) is 27.0. The van der Waals surface area contributed by atoms with Crippen molar-refractivity contribution in [2.45, 2.75) is 0 Å². The lowest BCUT2D eigenvalue weighted by Crippen LogP contribution is -2.03. The van der Waals surface area contributed by atoms with Crippen LogP contribution in [0.25, 0.3) is 54.6 Å². The molecule has 6 nitrogen and oxygen atoms in total. The zero-order valence-electron chi connectivity index (χ0n) is 21.3. The minimum atomic E-state index is -0.279. The number of carbonyl (C=O) groups is 2. The van der Waals surface area contributed by atoms with Crippen LogP contribution in [0, 0.1) is 0 Å². The van der Waals surface area contributed by atoms with Crippen molar-refractivity contribution in [3.8, 4) is 16.4 Å². The van der Waals surface area contributed by atoms with Crippen molar-refractivity contribution in [1.82, 2.24) is 19.1 Å². The van der Waals surface area contributed by atoms with E-state index >= 15 is 0 Å². The van der Waals surface area contributed by atoms with Crippen molar-refractivity contribution >= 4 is 61.1 Å². The molecule has 4 aromatic carbocycles. The number of allylic oxidation sites excluding steroid dienone is 1. The number of carbonyl (C=O) groups excluding carboxylic acids is 2. The maximum Gasteiger partial charge on any atom is 0.197 e. The summed E-state index contributed by atoms with van der Waals surface area (Å²) in [4.78, 5) is 37.1. The van der Waals surface area contributed by atoms with Gasteiger partial charge in [-0.1, -0.05) is 72.8 Å². The Bertz CT molecular complexity index is 2130. The Balaban J connectivity index is 1.35. The van der Waals surface area contributed by atoms with Crippen LogP contribution in [-0.2, 0) is 7.05 Å². The summed E-state index contributed by atoms with van der Waals surface area (Å²) < 4.78 is 5.04. The Morgan fingerprint density at radius 3 is 2.00 bits per heavy atom. The smallest absolute Gasteiger partial charge is 0.197 e. The third-order valence-electron chi connectivity index (χ3n) is 7.51. The van der Waals surface area contributed by atoms with Crippen LogP contribution < -0.4 is 0 Å². The Kier molecular flexibility index (Phi) is 4.81. The Morgan fingerprint density at radius 2 is 1.32 bits per heavy atom. The summed E-state index contributed by atoms with van der Waals surface area (Å²) in [5, 5.41) is 3.88. The largest absolute Gasteiger partial charge is 0.310 e. The fourth-order valence-corrected chi connectivity index (χ4v) is 6.60. The van der Waals surface area contributed by atoms with Gasteiger partial charge in [0.1, 0.15) is 16.6 Å². The van der Waals surface area contributed by atoms with E-state index in [0.29, 0.717) is 28.2 Å². The highest BCUT2D eigenvalue weighted by molar-refractivity contribution is 7.21. The second kappa shape index (κ2) is 8.43. The number of hydrogen-bond donors (Lipinski definition) is 0. The van der Waals surface area contributed by atoms with Gasteiger partial charge in [-0.3, -0.25) is 14.2 Å². The van der Waals surface area contributed by atoms with Crippen molar-refractivity contribution in [2.24, 2.45) is 7.05 Å². The number of nitrogens with zero attached hydrogens (tertiary/aromatic N) is 4. The van der Waals surface area contributed by atoms with Crippen LogP contribution in [0.15, 0.2) is 103 Å². The molecule has 7 heteroatoms. The SMILES string of the molecule is Cn1c(-c2ccccc2)nc2c1nc(C=C1C(=O)c3cc4ccccc4cc3C1=O)n2-c1cc2ccccc2s1. The van der Waals surface area contributed by atoms with E-state index in [1.54, 1.807) is 17.4 Å².